The molecule has 1 aromatic carbocycles. The lowest BCUT2D eigenvalue weighted by molar-refractivity contribution is 0.0655. The molecule has 0 bridgehead atoms. The van der Waals surface area contributed by atoms with Crippen LogP contribution in [0.4, 0.5) is 9.18 Å². The zero-order chi connectivity index (χ0) is 13.5. The first-order valence-electron chi connectivity index (χ1n) is 5.47. The van der Waals surface area contributed by atoms with Crippen molar-refractivity contribution in [3.8, 4) is 0 Å². The van der Waals surface area contributed by atoms with Gasteiger partial charge < -0.3 is 10.5 Å². The number of benzene rings is 1. The minimum absolute atomic E-state index is 0.0433. The number of nitrogens with two attached hydrogens (primary N) is 1. The predicted molar refractivity (Wildman–Crippen MR) is 66.6 cm³/mol. The van der Waals surface area contributed by atoms with E-state index in [4.69, 9.17) is 10.5 Å². The second kappa shape index (κ2) is 6.70. The molecule has 0 spiro atoms. The largest absolute Gasteiger partial charge is 0.374 e. The molecule has 0 aliphatic carbocycles. The summed E-state index contributed by atoms with van der Waals surface area (Å²) in [5.74, 6) is -0.350. The second-order valence-electron chi connectivity index (χ2n) is 3.94. The average molecular weight is 253 g/mol. The molecule has 98 valence electrons. The van der Waals surface area contributed by atoms with Crippen molar-refractivity contribution in [2.24, 2.45) is 10.8 Å². The topological polar surface area (TPSA) is 76.7 Å². The number of nitrogens with one attached hydrogen (secondary N) is 1. The van der Waals surface area contributed by atoms with Gasteiger partial charge >= 0.3 is 6.03 Å². The molecule has 5 nitrogen and oxygen atoms in total. The molecule has 0 atom stereocenters. The summed E-state index contributed by atoms with van der Waals surface area (Å²) in [5, 5.41) is 3.63. The van der Waals surface area contributed by atoms with Crippen LogP contribution < -0.4 is 11.2 Å². The number of carbonyl (C=O) groups excluding carboxylic acids is 1. The van der Waals surface area contributed by atoms with E-state index in [1.54, 1.807) is 6.07 Å². The van der Waals surface area contributed by atoms with E-state index in [0.29, 0.717) is 11.1 Å². The third-order valence-corrected chi connectivity index (χ3v) is 2.06. The van der Waals surface area contributed by atoms with Crippen molar-refractivity contribution in [1.29, 1.82) is 0 Å². The first-order valence-corrected chi connectivity index (χ1v) is 5.47. The van der Waals surface area contributed by atoms with Crippen molar-refractivity contribution >= 4 is 12.2 Å². The molecule has 0 aliphatic heterocycles. The van der Waals surface area contributed by atoms with Gasteiger partial charge in [0.15, 0.2) is 0 Å². The number of urea groups is 1. The number of rotatable bonds is 5. The summed E-state index contributed by atoms with van der Waals surface area (Å²) >= 11 is 0. The van der Waals surface area contributed by atoms with Crippen molar-refractivity contribution in [3.05, 3.63) is 35.1 Å². The van der Waals surface area contributed by atoms with E-state index < -0.39 is 6.03 Å². The maximum Gasteiger partial charge on any atom is 0.332 e. The van der Waals surface area contributed by atoms with Crippen molar-refractivity contribution in [1.82, 2.24) is 5.43 Å². The Bertz CT molecular complexity index is 447. The van der Waals surface area contributed by atoms with Crippen LogP contribution in [0.5, 0.6) is 0 Å². The average Bonchev–Trinajstić information content (AvgIpc) is 2.28. The number of nitrogens with zero attached hydrogens (tertiary/aromatic N) is 1. The maximum atomic E-state index is 13.1. The Hall–Kier alpha value is -1.95. The minimum atomic E-state index is -0.756. The van der Waals surface area contributed by atoms with Gasteiger partial charge in [-0.2, -0.15) is 5.10 Å². The van der Waals surface area contributed by atoms with Crippen LogP contribution >= 0.6 is 0 Å². The molecule has 0 heterocycles. The van der Waals surface area contributed by atoms with E-state index in [0.717, 1.165) is 0 Å². The predicted octanol–water partition coefficient (Wildman–Crippen LogP) is 1.75. The lowest BCUT2D eigenvalue weighted by Crippen LogP contribution is -2.24. The third-order valence-electron chi connectivity index (χ3n) is 2.06. The molecule has 0 radical (unpaired) electrons. The van der Waals surface area contributed by atoms with Crippen LogP contribution in [-0.4, -0.2) is 18.3 Å². The number of hydrazone groups is 1. The normalized spacial score (nSPS) is 11.1. The van der Waals surface area contributed by atoms with Gasteiger partial charge in [0.2, 0.25) is 0 Å². The van der Waals surface area contributed by atoms with Crippen LogP contribution in [0, 0.1) is 5.82 Å². The monoisotopic (exact) mass is 253 g/mol. The number of carbonyl (C=O) groups is 1. The summed E-state index contributed by atoms with van der Waals surface area (Å²) in [7, 11) is 0. The highest BCUT2D eigenvalue weighted by Crippen LogP contribution is 2.12. The van der Waals surface area contributed by atoms with Gasteiger partial charge in [-0.15, -0.1) is 0 Å². The molecule has 2 amide bonds. The van der Waals surface area contributed by atoms with Gasteiger partial charge in [0.1, 0.15) is 5.82 Å². The molecule has 6 heteroatoms. The zero-order valence-electron chi connectivity index (χ0n) is 10.3. The Morgan fingerprint density at radius 2 is 2.33 bits per heavy atom. The Kier molecular flexibility index (Phi) is 5.26. The lowest BCUT2D eigenvalue weighted by atomic mass is 10.1. The van der Waals surface area contributed by atoms with E-state index in [2.05, 4.69) is 10.5 Å². The molecule has 1 aromatic rings. The van der Waals surface area contributed by atoms with Crippen molar-refractivity contribution in [2.45, 2.75) is 26.6 Å². The first-order chi connectivity index (χ1) is 8.49. The summed E-state index contributed by atoms with van der Waals surface area (Å²) in [6.07, 6.45) is 1.44. The zero-order valence-corrected chi connectivity index (χ0v) is 10.3. The van der Waals surface area contributed by atoms with Gasteiger partial charge in [0.05, 0.1) is 18.9 Å². The van der Waals surface area contributed by atoms with Gasteiger partial charge in [-0.1, -0.05) is 6.07 Å². The quantitative estimate of drug-likeness (QED) is 0.619. The molecular formula is C12H16FN3O2. The molecule has 0 aliphatic rings. The fraction of sp³-hybridized carbons (Fsp3) is 0.333. The summed E-state index contributed by atoms with van der Waals surface area (Å²) in [5.41, 5.74) is 8.25. The summed E-state index contributed by atoms with van der Waals surface area (Å²) in [6, 6.07) is 3.48. The number of hydrogen-bond donors (Lipinski definition) is 2. The smallest absolute Gasteiger partial charge is 0.332 e. The third kappa shape index (κ3) is 4.92. The van der Waals surface area contributed by atoms with Crippen molar-refractivity contribution in [3.63, 3.8) is 0 Å². The number of ether oxygens (including phenoxy) is 1. The van der Waals surface area contributed by atoms with E-state index >= 15 is 0 Å². The summed E-state index contributed by atoms with van der Waals surface area (Å²) < 4.78 is 18.5. The van der Waals surface area contributed by atoms with Gasteiger partial charge in [0, 0.05) is 5.56 Å². The lowest BCUT2D eigenvalue weighted by Gasteiger charge is -2.10. The molecular weight excluding hydrogens is 237 g/mol. The Morgan fingerprint density at radius 3 is 2.94 bits per heavy atom. The van der Waals surface area contributed by atoms with Crippen LogP contribution in [0.1, 0.15) is 25.0 Å². The fourth-order valence-electron chi connectivity index (χ4n) is 1.25. The number of primary amides is 1. The first kappa shape index (κ1) is 14.1. The van der Waals surface area contributed by atoms with Gasteiger partial charge in [-0.3, -0.25) is 0 Å². The summed E-state index contributed by atoms with van der Waals surface area (Å²) in [4.78, 5) is 10.5. The second-order valence-corrected chi connectivity index (χ2v) is 3.94. The van der Waals surface area contributed by atoms with Crippen LogP contribution in [-0.2, 0) is 11.3 Å². The standard InChI is InChI=1S/C12H16FN3O2/c1-8(2)18-7-10-5-11(13)4-3-9(10)6-15-16-12(14)17/h3-6,8H,7H2,1-2H3,(H3,14,16,17). The molecule has 0 aromatic heterocycles. The summed E-state index contributed by atoms with van der Waals surface area (Å²) in [6.45, 7) is 4.05. The molecule has 3 N–H and O–H groups in total. The number of halogens is 1. The van der Waals surface area contributed by atoms with E-state index in [9.17, 15) is 9.18 Å². The Labute approximate surface area is 105 Å². The van der Waals surface area contributed by atoms with Gasteiger partial charge in [-0.05, 0) is 31.5 Å². The van der Waals surface area contributed by atoms with Crippen molar-refractivity contribution in [2.75, 3.05) is 0 Å². The number of hydrogen-bond acceptors (Lipinski definition) is 3. The van der Waals surface area contributed by atoms with Gasteiger partial charge in [0.25, 0.3) is 0 Å². The fourth-order valence-corrected chi connectivity index (χ4v) is 1.25. The Morgan fingerprint density at radius 1 is 1.61 bits per heavy atom. The molecule has 1 rings (SSSR count). The number of amides is 2. The van der Waals surface area contributed by atoms with Crippen LogP contribution in [0.3, 0.4) is 0 Å². The SMILES string of the molecule is CC(C)OCc1cc(F)ccc1C=NNC(N)=O. The molecule has 0 fully saturated rings. The highest BCUT2D eigenvalue weighted by Gasteiger charge is 2.04. The molecule has 0 saturated carbocycles. The van der Waals surface area contributed by atoms with Gasteiger partial charge in [-0.25, -0.2) is 14.6 Å². The highest BCUT2D eigenvalue weighted by molar-refractivity contribution is 5.83. The van der Waals surface area contributed by atoms with Crippen LogP contribution in [0.2, 0.25) is 0 Å². The molecule has 0 unspecified atom stereocenters. The van der Waals surface area contributed by atoms with Crippen molar-refractivity contribution < 1.29 is 13.9 Å². The molecule has 0 saturated heterocycles. The minimum Gasteiger partial charge on any atom is -0.374 e. The van der Waals surface area contributed by atoms with E-state index in [1.807, 2.05) is 13.8 Å². The van der Waals surface area contributed by atoms with E-state index in [-0.39, 0.29) is 18.5 Å². The van der Waals surface area contributed by atoms with Crippen LogP contribution in [0.15, 0.2) is 23.3 Å². The maximum absolute atomic E-state index is 13.1. The molecule has 18 heavy (non-hydrogen) atoms. The van der Waals surface area contributed by atoms with Crippen LogP contribution in [0.25, 0.3) is 0 Å². The Balaban J connectivity index is 2.82. The highest BCUT2D eigenvalue weighted by atomic mass is 19.1. The van der Waals surface area contributed by atoms with E-state index in [1.165, 1.54) is 18.3 Å².